The molecule has 0 amide bonds. The zero-order valence-electron chi connectivity index (χ0n) is 21.5. The van der Waals surface area contributed by atoms with Crippen molar-refractivity contribution >= 4 is 12.4 Å². The van der Waals surface area contributed by atoms with Crippen LogP contribution in [0.5, 0.6) is 40.2 Å². The lowest BCUT2D eigenvalue weighted by molar-refractivity contribution is 0.226. The van der Waals surface area contributed by atoms with E-state index in [0.717, 1.165) is 42.0 Å². The molecule has 5 rings (SSSR count). The average molecular weight is 514 g/mol. The van der Waals surface area contributed by atoms with E-state index in [2.05, 4.69) is 24.1 Å². The molecular weight excluding hydrogens is 482 g/mol. The molecule has 0 aromatic heterocycles. The first-order valence-corrected chi connectivity index (χ1v) is 11.6. The Balaban J connectivity index is 0.00000304. The Kier molecular flexibility index (Phi) is 7.43. The van der Waals surface area contributed by atoms with Gasteiger partial charge in [0.05, 0.1) is 35.5 Å². The molecule has 2 aliphatic rings. The van der Waals surface area contributed by atoms with Crippen LogP contribution in [0.3, 0.4) is 0 Å². The number of rotatable bonds is 7. The fraction of sp³-hybridized carbons (Fsp3) is 0.357. The molecule has 1 unspecified atom stereocenters. The van der Waals surface area contributed by atoms with Crippen molar-refractivity contribution in [2.75, 3.05) is 49.1 Å². The van der Waals surface area contributed by atoms with Crippen LogP contribution in [0.2, 0.25) is 0 Å². The highest BCUT2D eigenvalue weighted by Gasteiger charge is 2.37. The van der Waals surface area contributed by atoms with Crippen molar-refractivity contribution in [2.45, 2.75) is 18.9 Å². The van der Waals surface area contributed by atoms with Crippen molar-refractivity contribution in [3.8, 4) is 51.4 Å². The van der Waals surface area contributed by atoms with Crippen molar-refractivity contribution in [2.24, 2.45) is 0 Å². The second kappa shape index (κ2) is 10.4. The maximum Gasteiger partial charge on any atom is 0.169 e. The van der Waals surface area contributed by atoms with Crippen LogP contribution < -0.4 is 28.4 Å². The lowest BCUT2D eigenvalue weighted by Gasteiger charge is -2.40. The summed E-state index contributed by atoms with van der Waals surface area (Å²) in [5, 5.41) is 0. The number of likely N-dealkylation sites (N-methyl/N-ethyl adjacent to an activating group) is 1. The summed E-state index contributed by atoms with van der Waals surface area (Å²) < 4.78 is 34.5. The van der Waals surface area contributed by atoms with Crippen LogP contribution in [0.4, 0.5) is 0 Å². The molecule has 36 heavy (non-hydrogen) atoms. The lowest BCUT2D eigenvalue weighted by atomic mass is 9.76. The molecule has 1 aliphatic carbocycles. The van der Waals surface area contributed by atoms with Crippen LogP contribution in [-0.4, -0.2) is 54.0 Å². The van der Waals surface area contributed by atoms with Gasteiger partial charge in [0.15, 0.2) is 34.5 Å². The first-order valence-electron chi connectivity index (χ1n) is 11.6. The fourth-order valence-corrected chi connectivity index (χ4v) is 5.31. The molecule has 0 fully saturated rings. The predicted molar refractivity (Wildman–Crippen MR) is 141 cm³/mol. The summed E-state index contributed by atoms with van der Waals surface area (Å²) >= 11 is 0. The molecule has 1 atom stereocenters. The maximum atomic E-state index is 6.30. The van der Waals surface area contributed by atoms with Crippen LogP contribution in [0.25, 0.3) is 11.1 Å². The zero-order chi connectivity index (χ0) is 24.7. The van der Waals surface area contributed by atoms with Gasteiger partial charge < -0.3 is 28.4 Å². The minimum absolute atomic E-state index is 0. The molecule has 192 valence electrons. The van der Waals surface area contributed by atoms with Crippen molar-refractivity contribution in [3.05, 3.63) is 53.1 Å². The first-order chi connectivity index (χ1) is 17.0. The van der Waals surface area contributed by atoms with E-state index in [9.17, 15) is 0 Å². The van der Waals surface area contributed by atoms with Gasteiger partial charge in [0.25, 0.3) is 0 Å². The highest BCUT2D eigenvalue weighted by Crippen LogP contribution is 2.54. The van der Waals surface area contributed by atoms with E-state index in [4.69, 9.17) is 28.4 Å². The number of halogens is 1. The summed E-state index contributed by atoms with van der Waals surface area (Å²) in [6, 6.07) is 12.0. The van der Waals surface area contributed by atoms with Crippen LogP contribution in [0.15, 0.2) is 36.4 Å². The minimum atomic E-state index is 0. The zero-order valence-corrected chi connectivity index (χ0v) is 22.3. The summed E-state index contributed by atoms with van der Waals surface area (Å²) in [7, 11) is 10.4. The third-order valence-corrected chi connectivity index (χ3v) is 7.05. The smallest absolute Gasteiger partial charge is 0.169 e. The highest BCUT2D eigenvalue weighted by molar-refractivity contribution is 5.86. The Morgan fingerprint density at radius 2 is 1.39 bits per heavy atom. The Bertz CT molecular complexity index is 1280. The topological polar surface area (TPSA) is 58.6 Å². The van der Waals surface area contributed by atoms with Gasteiger partial charge in [0.1, 0.15) is 5.75 Å². The Hall–Kier alpha value is -3.29. The highest BCUT2D eigenvalue weighted by atomic mass is 35.5. The average Bonchev–Trinajstić information content (AvgIpc) is 2.89. The molecule has 0 N–H and O–H groups in total. The van der Waals surface area contributed by atoms with Gasteiger partial charge in [-0.1, -0.05) is 0 Å². The number of nitrogens with zero attached hydrogens (tertiary/aromatic N) is 1. The summed E-state index contributed by atoms with van der Waals surface area (Å²) in [6.45, 7) is 0.993. The summed E-state index contributed by atoms with van der Waals surface area (Å²) in [4.78, 5) is 2.42. The second-order valence-electron chi connectivity index (χ2n) is 8.79. The van der Waals surface area contributed by atoms with Gasteiger partial charge in [-0.15, -0.1) is 12.4 Å². The molecule has 0 bridgehead atoms. The van der Waals surface area contributed by atoms with E-state index < -0.39 is 0 Å². The third-order valence-electron chi connectivity index (χ3n) is 7.05. The van der Waals surface area contributed by atoms with Gasteiger partial charge in [-0.05, 0) is 72.5 Å². The van der Waals surface area contributed by atoms with E-state index in [1.54, 1.807) is 35.5 Å². The quantitative estimate of drug-likeness (QED) is 0.402. The molecule has 0 saturated heterocycles. The minimum Gasteiger partial charge on any atom is -0.493 e. The first kappa shape index (κ1) is 25.8. The van der Waals surface area contributed by atoms with Crippen LogP contribution in [-0.2, 0) is 12.8 Å². The molecule has 0 radical (unpaired) electrons. The predicted octanol–water partition coefficient (Wildman–Crippen LogP) is 5.70. The lowest BCUT2D eigenvalue weighted by Crippen LogP contribution is -2.35. The van der Waals surface area contributed by atoms with Gasteiger partial charge in [-0.3, -0.25) is 4.90 Å². The van der Waals surface area contributed by atoms with Crippen LogP contribution in [0, 0.1) is 0 Å². The number of hydrogen-bond acceptors (Lipinski definition) is 7. The molecular formula is C28H32ClNO6. The number of fused-ring (bicyclic) bond motifs is 2. The van der Waals surface area contributed by atoms with E-state index in [-0.39, 0.29) is 18.4 Å². The molecule has 3 aromatic carbocycles. The third kappa shape index (κ3) is 4.16. The molecule has 7 nitrogen and oxygen atoms in total. The van der Waals surface area contributed by atoms with Crippen LogP contribution >= 0.6 is 12.4 Å². The van der Waals surface area contributed by atoms with Crippen molar-refractivity contribution in [1.29, 1.82) is 0 Å². The summed E-state index contributed by atoms with van der Waals surface area (Å²) in [6.07, 6.45) is 1.84. The fourth-order valence-electron chi connectivity index (χ4n) is 5.31. The van der Waals surface area contributed by atoms with Gasteiger partial charge >= 0.3 is 0 Å². The number of hydrogen-bond donors (Lipinski definition) is 0. The molecule has 8 heteroatoms. The van der Waals surface area contributed by atoms with Crippen LogP contribution in [0.1, 0.15) is 22.7 Å². The van der Waals surface area contributed by atoms with Crippen molar-refractivity contribution in [1.82, 2.24) is 4.90 Å². The van der Waals surface area contributed by atoms with E-state index in [1.807, 2.05) is 24.3 Å². The van der Waals surface area contributed by atoms with E-state index in [1.165, 1.54) is 16.7 Å². The van der Waals surface area contributed by atoms with Gasteiger partial charge in [0.2, 0.25) is 0 Å². The Morgan fingerprint density at radius 3 is 2.06 bits per heavy atom. The summed E-state index contributed by atoms with van der Waals surface area (Å²) in [5.41, 5.74) is 5.97. The largest absolute Gasteiger partial charge is 0.493 e. The second-order valence-corrected chi connectivity index (χ2v) is 8.79. The maximum absolute atomic E-state index is 6.30. The molecule has 1 aliphatic heterocycles. The monoisotopic (exact) mass is 513 g/mol. The molecule has 0 saturated carbocycles. The Morgan fingerprint density at radius 1 is 0.722 bits per heavy atom. The molecule has 1 heterocycles. The standard InChI is InChI=1S/C28H31NO6.ClH/c1-29-10-9-16-12-25(33-5)28(34-6)27-19-15-23(32-4)24(13-17(19)11-20(29)26(16)27)35-18-7-8-21(30-2)22(14-18)31-3;/h7-8,12-15,20H,9-11H2,1-6H3;1H. The van der Waals surface area contributed by atoms with Gasteiger partial charge in [-0.25, -0.2) is 0 Å². The van der Waals surface area contributed by atoms with Gasteiger partial charge in [0, 0.05) is 24.2 Å². The summed E-state index contributed by atoms with van der Waals surface area (Å²) in [5.74, 6) is 4.66. The number of ether oxygens (including phenoxy) is 6. The van der Waals surface area contributed by atoms with E-state index in [0.29, 0.717) is 28.7 Å². The number of benzene rings is 3. The van der Waals surface area contributed by atoms with Crippen molar-refractivity contribution in [3.63, 3.8) is 0 Å². The molecule has 0 spiro atoms. The van der Waals surface area contributed by atoms with E-state index >= 15 is 0 Å². The normalized spacial score (nSPS) is 15.7. The SMILES string of the molecule is COc1ccc(Oc2cc3c(cc2OC)-c2c(OC)c(OC)cc4c2C(C3)N(C)CC4)cc1OC.Cl. The van der Waals surface area contributed by atoms with Gasteiger partial charge in [-0.2, -0.15) is 0 Å². The van der Waals surface area contributed by atoms with Crippen molar-refractivity contribution < 1.29 is 28.4 Å². The Labute approximate surface area is 218 Å². The molecule has 3 aromatic rings. The number of methoxy groups -OCH3 is 5.